The molecule has 0 aliphatic carbocycles. The molecule has 1 aromatic heterocycles. The van der Waals surface area contributed by atoms with Crippen molar-refractivity contribution in [3.8, 4) is 0 Å². The van der Waals surface area contributed by atoms with E-state index in [2.05, 4.69) is 25.2 Å². The molecule has 134 valence electrons. The highest BCUT2D eigenvalue weighted by Crippen LogP contribution is 2.06. The van der Waals surface area contributed by atoms with Crippen LogP contribution in [-0.4, -0.2) is 54.0 Å². The van der Waals surface area contributed by atoms with Gasteiger partial charge in [0.2, 0.25) is 0 Å². The fraction of sp³-hybridized carbons (Fsp3) is 0.389. The summed E-state index contributed by atoms with van der Waals surface area (Å²) in [5.74, 6) is 0.772. The number of nitrogens with zero attached hydrogens (tertiary/aromatic N) is 4. The summed E-state index contributed by atoms with van der Waals surface area (Å²) in [6.07, 6.45) is 6.54. The van der Waals surface area contributed by atoms with Crippen molar-refractivity contribution in [1.82, 2.24) is 25.1 Å². The molecule has 0 saturated carbocycles. The number of hydrogen-bond acceptors (Lipinski definition) is 3. The first-order valence-electron chi connectivity index (χ1n) is 8.31. The zero-order chi connectivity index (χ0) is 18.1. The number of rotatable bonds is 7. The number of aryl methyl sites for hydroxylation is 1. The number of carbonyl (C=O) groups excluding carboxylic acids is 1. The molecule has 0 aliphatic heterocycles. The average molecular weight is 342 g/mol. The Bertz CT molecular complexity index is 676. The Morgan fingerprint density at radius 2 is 2.00 bits per heavy atom. The van der Waals surface area contributed by atoms with Gasteiger partial charge in [0, 0.05) is 58.7 Å². The molecule has 1 aromatic carbocycles. The van der Waals surface area contributed by atoms with Gasteiger partial charge in [0.25, 0.3) is 5.91 Å². The number of amides is 1. The molecule has 0 radical (unpaired) electrons. The van der Waals surface area contributed by atoms with Gasteiger partial charge in [0.1, 0.15) is 0 Å². The van der Waals surface area contributed by atoms with Crippen molar-refractivity contribution in [2.45, 2.75) is 19.5 Å². The summed E-state index contributed by atoms with van der Waals surface area (Å²) in [6.45, 7) is 2.40. The molecule has 7 heteroatoms. The van der Waals surface area contributed by atoms with Crippen LogP contribution >= 0.6 is 0 Å². The summed E-state index contributed by atoms with van der Waals surface area (Å²) in [5, 5.41) is 6.57. The lowest BCUT2D eigenvalue weighted by Gasteiger charge is -2.13. The third-order valence-corrected chi connectivity index (χ3v) is 3.74. The number of aliphatic imine (C=N–C) groups is 1. The summed E-state index contributed by atoms with van der Waals surface area (Å²) in [4.78, 5) is 21.7. The number of benzene rings is 1. The van der Waals surface area contributed by atoms with Crippen LogP contribution in [-0.2, 0) is 13.1 Å². The Kier molecular flexibility index (Phi) is 7.00. The topological polar surface area (TPSA) is 74.5 Å². The number of hydrogen-bond donors (Lipinski definition) is 2. The molecule has 0 bridgehead atoms. The smallest absolute Gasteiger partial charge is 0.253 e. The van der Waals surface area contributed by atoms with E-state index < -0.39 is 0 Å². The third-order valence-electron chi connectivity index (χ3n) is 3.74. The molecule has 0 spiro atoms. The maximum absolute atomic E-state index is 11.9. The minimum Gasteiger partial charge on any atom is -0.356 e. The van der Waals surface area contributed by atoms with Crippen molar-refractivity contribution in [3.05, 3.63) is 54.1 Å². The number of nitrogens with one attached hydrogen (secondary N) is 2. The maximum Gasteiger partial charge on any atom is 0.253 e. The van der Waals surface area contributed by atoms with Crippen LogP contribution in [0, 0.1) is 0 Å². The average Bonchev–Trinajstić information content (AvgIpc) is 3.14. The molecule has 0 aliphatic rings. The molecule has 2 rings (SSSR count). The summed E-state index contributed by atoms with van der Waals surface area (Å²) >= 11 is 0. The Morgan fingerprint density at radius 1 is 1.24 bits per heavy atom. The molecule has 0 unspecified atom stereocenters. The van der Waals surface area contributed by atoms with E-state index in [1.165, 1.54) is 0 Å². The van der Waals surface area contributed by atoms with Crippen LogP contribution in [0.4, 0.5) is 0 Å². The summed E-state index contributed by atoms with van der Waals surface area (Å²) in [5.41, 5.74) is 1.78. The van der Waals surface area contributed by atoms with Crippen molar-refractivity contribution < 1.29 is 4.79 Å². The molecule has 25 heavy (non-hydrogen) atoms. The number of guanidine groups is 1. The quantitative estimate of drug-likeness (QED) is 0.452. The van der Waals surface area contributed by atoms with Gasteiger partial charge in [-0.1, -0.05) is 12.1 Å². The Labute approximate surface area is 148 Å². The normalized spacial score (nSPS) is 11.2. The predicted octanol–water partition coefficient (Wildman–Crippen LogP) is 1.34. The maximum atomic E-state index is 11.9. The third kappa shape index (κ3) is 5.95. The molecular formula is C18H26N6O. The molecular weight excluding hydrogens is 316 g/mol. The van der Waals surface area contributed by atoms with Gasteiger partial charge in [0.05, 0.1) is 6.33 Å². The lowest BCUT2D eigenvalue weighted by molar-refractivity contribution is 0.0827. The van der Waals surface area contributed by atoms with E-state index in [4.69, 9.17) is 0 Å². The number of carbonyl (C=O) groups is 1. The molecule has 0 saturated heterocycles. The van der Waals surface area contributed by atoms with Crippen LogP contribution in [0.25, 0.3) is 0 Å². The van der Waals surface area contributed by atoms with Gasteiger partial charge >= 0.3 is 0 Å². The van der Waals surface area contributed by atoms with Gasteiger partial charge in [-0.3, -0.25) is 9.79 Å². The molecule has 1 heterocycles. The second-order valence-corrected chi connectivity index (χ2v) is 5.90. The first-order valence-corrected chi connectivity index (χ1v) is 8.31. The van der Waals surface area contributed by atoms with Crippen LogP contribution in [0.15, 0.2) is 48.0 Å². The minimum absolute atomic E-state index is 0.00915. The van der Waals surface area contributed by atoms with Crippen LogP contribution in [0.5, 0.6) is 0 Å². The molecule has 0 atom stereocenters. The lowest BCUT2D eigenvalue weighted by atomic mass is 10.1. The van der Waals surface area contributed by atoms with E-state index in [1.807, 2.05) is 36.8 Å². The molecule has 7 nitrogen and oxygen atoms in total. The molecule has 1 amide bonds. The van der Waals surface area contributed by atoms with Crippen molar-refractivity contribution in [3.63, 3.8) is 0 Å². The monoisotopic (exact) mass is 342 g/mol. The molecule has 2 aromatic rings. The highest BCUT2D eigenvalue weighted by molar-refractivity contribution is 5.93. The largest absolute Gasteiger partial charge is 0.356 e. The summed E-state index contributed by atoms with van der Waals surface area (Å²) < 4.78 is 2.05. The Hall–Kier alpha value is -2.83. The van der Waals surface area contributed by atoms with E-state index >= 15 is 0 Å². The van der Waals surface area contributed by atoms with Gasteiger partial charge in [0.15, 0.2) is 5.96 Å². The zero-order valence-corrected chi connectivity index (χ0v) is 15.1. The highest BCUT2D eigenvalue weighted by atomic mass is 16.2. The summed E-state index contributed by atoms with van der Waals surface area (Å²) in [6, 6.07) is 7.60. The van der Waals surface area contributed by atoms with Crippen molar-refractivity contribution in [1.29, 1.82) is 0 Å². The molecule has 2 N–H and O–H groups in total. The Morgan fingerprint density at radius 3 is 2.60 bits per heavy atom. The van der Waals surface area contributed by atoms with Crippen LogP contribution < -0.4 is 10.6 Å². The predicted molar refractivity (Wildman–Crippen MR) is 99.5 cm³/mol. The highest BCUT2D eigenvalue weighted by Gasteiger charge is 2.07. The zero-order valence-electron chi connectivity index (χ0n) is 15.1. The van der Waals surface area contributed by atoms with Crippen LogP contribution in [0.2, 0.25) is 0 Å². The second-order valence-electron chi connectivity index (χ2n) is 5.90. The SMILES string of the molecule is CN=C(NCCCn1ccnc1)NCc1ccc(C(=O)N(C)C)cc1. The minimum atomic E-state index is 0.00915. The van der Waals surface area contributed by atoms with Gasteiger partial charge < -0.3 is 20.1 Å². The van der Waals surface area contributed by atoms with E-state index in [9.17, 15) is 4.79 Å². The van der Waals surface area contributed by atoms with E-state index in [-0.39, 0.29) is 5.91 Å². The van der Waals surface area contributed by atoms with Gasteiger partial charge in [-0.15, -0.1) is 0 Å². The molecule has 0 fully saturated rings. The van der Waals surface area contributed by atoms with Gasteiger partial charge in [-0.2, -0.15) is 0 Å². The van der Waals surface area contributed by atoms with Crippen molar-refractivity contribution >= 4 is 11.9 Å². The number of aromatic nitrogens is 2. The first kappa shape index (κ1) is 18.5. The van der Waals surface area contributed by atoms with Gasteiger partial charge in [-0.05, 0) is 24.1 Å². The van der Waals surface area contributed by atoms with E-state index in [0.29, 0.717) is 12.1 Å². The fourth-order valence-corrected chi connectivity index (χ4v) is 2.32. The van der Waals surface area contributed by atoms with Crippen LogP contribution in [0.3, 0.4) is 0 Å². The second kappa shape index (κ2) is 9.46. The van der Waals surface area contributed by atoms with Crippen LogP contribution in [0.1, 0.15) is 22.3 Å². The Balaban J connectivity index is 1.73. The lowest BCUT2D eigenvalue weighted by Crippen LogP contribution is -2.37. The summed E-state index contributed by atoms with van der Waals surface area (Å²) in [7, 11) is 5.25. The standard InChI is InChI=1S/C18H26N6O/c1-19-18(21-9-4-11-24-12-10-20-14-24)22-13-15-5-7-16(8-6-15)17(25)23(2)3/h5-8,10,12,14H,4,9,11,13H2,1-3H3,(H2,19,21,22). The van der Waals surface area contributed by atoms with Crippen molar-refractivity contribution in [2.75, 3.05) is 27.7 Å². The van der Waals surface area contributed by atoms with Crippen molar-refractivity contribution in [2.24, 2.45) is 4.99 Å². The van der Waals surface area contributed by atoms with E-state index in [0.717, 1.165) is 31.0 Å². The van der Waals surface area contributed by atoms with E-state index in [1.54, 1.807) is 32.2 Å². The first-order chi connectivity index (χ1) is 12.1. The fourth-order valence-electron chi connectivity index (χ4n) is 2.32. The number of imidazole rings is 1. The van der Waals surface area contributed by atoms with Gasteiger partial charge in [-0.25, -0.2) is 4.98 Å².